The Morgan fingerprint density at radius 1 is 0.245 bits per heavy atom. The SMILES string of the molecule is CCCCCCCCCCCCCCCCCCCC(=O)O[C@H](COC(=O)CCCCCCCCCCCCCCCCCC)COP(=O)(O)OC[C@@H](O)COP(=O)(O)OC[C@@H](COC(=O)CCCCCCCCCCC)OC(=O)CCCCCCCCCCCCCCCCCC. The summed E-state index contributed by atoms with van der Waals surface area (Å²) in [5.74, 6) is -2.11. The molecule has 0 aliphatic rings. The van der Waals surface area contributed by atoms with E-state index < -0.39 is 97.5 Å². The zero-order valence-electron chi connectivity index (χ0n) is 63.8. The first-order valence-electron chi connectivity index (χ1n) is 41.3. The predicted octanol–water partition coefficient (Wildman–Crippen LogP) is 23.8. The zero-order chi connectivity index (χ0) is 71.8. The van der Waals surface area contributed by atoms with Gasteiger partial charge < -0.3 is 33.8 Å². The highest BCUT2D eigenvalue weighted by molar-refractivity contribution is 7.47. The molecule has 0 aromatic carbocycles. The second-order valence-corrected chi connectivity index (χ2v) is 31.4. The number of esters is 4. The molecule has 0 heterocycles. The maximum Gasteiger partial charge on any atom is 0.472 e. The third kappa shape index (κ3) is 72.4. The molecule has 0 rings (SSSR count). The van der Waals surface area contributed by atoms with Gasteiger partial charge in [0.25, 0.3) is 0 Å². The summed E-state index contributed by atoms with van der Waals surface area (Å²) < 4.78 is 68.6. The van der Waals surface area contributed by atoms with Gasteiger partial charge in [0.15, 0.2) is 12.2 Å². The van der Waals surface area contributed by atoms with Crippen molar-refractivity contribution in [2.75, 3.05) is 39.6 Å². The molecule has 0 amide bonds. The van der Waals surface area contributed by atoms with Gasteiger partial charge in [-0.2, -0.15) is 0 Å². The first-order chi connectivity index (χ1) is 47.7. The average molecular weight is 1440 g/mol. The van der Waals surface area contributed by atoms with E-state index in [0.717, 1.165) is 89.9 Å². The highest BCUT2D eigenvalue weighted by Crippen LogP contribution is 2.45. The summed E-state index contributed by atoms with van der Waals surface area (Å²) in [7, 11) is -9.91. The smallest absolute Gasteiger partial charge is 0.462 e. The molecule has 0 aliphatic heterocycles. The molecule has 0 radical (unpaired) electrons. The van der Waals surface area contributed by atoms with Gasteiger partial charge in [-0.3, -0.25) is 37.3 Å². The molecule has 0 spiro atoms. The van der Waals surface area contributed by atoms with Crippen molar-refractivity contribution in [3.63, 3.8) is 0 Å². The minimum atomic E-state index is -4.96. The van der Waals surface area contributed by atoms with Crippen molar-refractivity contribution in [2.24, 2.45) is 0 Å². The number of phosphoric ester groups is 2. The minimum absolute atomic E-state index is 0.109. The third-order valence-corrected chi connectivity index (χ3v) is 20.5. The van der Waals surface area contributed by atoms with E-state index in [2.05, 4.69) is 27.7 Å². The van der Waals surface area contributed by atoms with Crippen molar-refractivity contribution in [2.45, 2.75) is 444 Å². The molecule has 0 aromatic heterocycles. The van der Waals surface area contributed by atoms with Gasteiger partial charge in [-0.15, -0.1) is 0 Å². The lowest BCUT2D eigenvalue weighted by Crippen LogP contribution is -2.30. The summed E-state index contributed by atoms with van der Waals surface area (Å²) in [5, 5.41) is 10.6. The van der Waals surface area contributed by atoms with Crippen LogP contribution in [0.2, 0.25) is 0 Å². The Bertz CT molecular complexity index is 1860. The van der Waals surface area contributed by atoms with Gasteiger partial charge in [0, 0.05) is 25.7 Å². The molecule has 0 aliphatic carbocycles. The summed E-state index contributed by atoms with van der Waals surface area (Å²) in [6.45, 7) is 5.01. The monoisotopic (exact) mass is 1440 g/mol. The highest BCUT2D eigenvalue weighted by Gasteiger charge is 2.30. The fraction of sp³-hybridized carbons (Fsp3) is 0.949. The second kappa shape index (κ2) is 73.4. The minimum Gasteiger partial charge on any atom is -0.462 e. The standard InChI is InChI=1S/C79H154O17P2/c1-5-9-13-17-21-25-28-31-34-37-40-43-46-50-54-58-62-66-79(84)96-75(70-90-77(82)64-60-56-52-48-44-41-38-35-32-29-26-22-18-14-10-6-2)72-94-98(87,88)92-68-73(80)67-91-97(85,86)93-71-74(69-89-76(81)63-59-55-51-47-24-20-16-12-8-4)95-78(83)65-61-57-53-49-45-42-39-36-33-30-27-23-19-15-11-7-3/h73-75,80H,5-72H2,1-4H3,(H,85,86)(H,87,88)/t73-,74+,75+/m0/s1. The van der Waals surface area contributed by atoms with Crippen LogP contribution < -0.4 is 0 Å². The summed E-state index contributed by atoms with van der Waals surface area (Å²) >= 11 is 0. The van der Waals surface area contributed by atoms with Crippen molar-refractivity contribution < 1.29 is 80.2 Å². The van der Waals surface area contributed by atoms with Gasteiger partial charge >= 0.3 is 39.5 Å². The van der Waals surface area contributed by atoms with Crippen LogP contribution in [0.15, 0.2) is 0 Å². The first kappa shape index (κ1) is 96.1. The van der Waals surface area contributed by atoms with E-state index in [0.29, 0.717) is 25.7 Å². The Hall–Kier alpha value is -1.94. The van der Waals surface area contributed by atoms with Gasteiger partial charge in [-0.25, -0.2) is 9.13 Å². The molecular formula is C79H154O17P2. The summed E-state index contributed by atoms with van der Waals surface area (Å²) in [4.78, 5) is 72.9. The molecule has 17 nitrogen and oxygen atoms in total. The number of carbonyl (C=O) groups is 4. The van der Waals surface area contributed by atoms with Crippen molar-refractivity contribution in [1.29, 1.82) is 0 Å². The van der Waals surface area contributed by atoms with E-state index in [1.54, 1.807) is 0 Å². The largest absolute Gasteiger partial charge is 0.472 e. The fourth-order valence-electron chi connectivity index (χ4n) is 12.3. The molecule has 0 aromatic rings. The van der Waals surface area contributed by atoms with Crippen LogP contribution in [0.1, 0.15) is 426 Å². The number of rotatable bonds is 80. The fourth-order valence-corrected chi connectivity index (χ4v) is 13.9. The number of aliphatic hydroxyl groups is 1. The van der Waals surface area contributed by atoms with Gasteiger partial charge in [0.1, 0.15) is 19.3 Å². The number of phosphoric acid groups is 2. The van der Waals surface area contributed by atoms with Gasteiger partial charge in [0.2, 0.25) is 0 Å². The van der Waals surface area contributed by atoms with Crippen molar-refractivity contribution in [3.8, 4) is 0 Å². The van der Waals surface area contributed by atoms with Crippen molar-refractivity contribution >= 4 is 39.5 Å². The van der Waals surface area contributed by atoms with Crippen LogP contribution in [0.25, 0.3) is 0 Å². The number of ether oxygens (including phenoxy) is 4. The Labute approximate surface area is 600 Å². The molecule has 0 saturated heterocycles. The molecule has 0 fully saturated rings. The summed E-state index contributed by atoms with van der Waals surface area (Å²) in [6.07, 6.45) is 65.1. The lowest BCUT2D eigenvalue weighted by molar-refractivity contribution is -0.161. The highest BCUT2D eigenvalue weighted by atomic mass is 31.2. The average Bonchev–Trinajstić information content (AvgIpc) is 1.06. The van der Waals surface area contributed by atoms with E-state index in [-0.39, 0.29) is 25.7 Å². The number of carbonyl (C=O) groups excluding carboxylic acids is 4. The predicted molar refractivity (Wildman–Crippen MR) is 400 cm³/mol. The number of hydrogen-bond acceptors (Lipinski definition) is 15. The summed E-state index contributed by atoms with van der Waals surface area (Å²) in [6, 6.07) is 0. The van der Waals surface area contributed by atoms with E-state index in [1.807, 2.05) is 0 Å². The molecule has 5 atom stereocenters. The summed E-state index contributed by atoms with van der Waals surface area (Å²) in [5.41, 5.74) is 0. The van der Waals surface area contributed by atoms with Crippen LogP contribution in [0.5, 0.6) is 0 Å². The van der Waals surface area contributed by atoms with E-state index in [4.69, 9.17) is 37.0 Å². The van der Waals surface area contributed by atoms with Gasteiger partial charge in [-0.05, 0) is 25.7 Å². The third-order valence-electron chi connectivity index (χ3n) is 18.6. The Balaban J connectivity index is 5.22. The van der Waals surface area contributed by atoms with Crippen LogP contribution in [-0.2, 0) is 65.4 Å². The Morgan fingerprint density at radius 3 is 0.602 bits per heavy atom. The maximum atomic E-state index is 13.1. The maximum absolute atomic E-state index is 13.1. The van der Waals surface area contributed by atoms with Gasteiger partial charge in [0.05, 0.1) is 26.4 Å². The molecule has 2 unspecified atom stereocenters. The second-order valence-electron chi connectivity index (χ2n) is 28.5. The lowest BCUT2D eigenvalue weighted by atomic mass is 10.0. The number of hydrogen-bond donors (Lipinski definition) is 3. The molecular weight excluding hydrogens is 1280 g/mol. The molecule has 582 valence electrons. The van der Waals surface area contributed by atoms with Crippen LogP contribution in [0.3, 0.4) is 0 Å². The number of unbranched alkanes of at least 4 members (excludes halogenated alkanes) is 54. The van der Waals surface area contributed by atoms with Crippen LogP contribution >= 0.6 is 15.6 Å². The molecule has 0 saturated carbocycles. The quantitative estimate of drug-likeness (QED) is 0.0222. The van der Waals surface area contributed by atoms with E-state index >= 15 is 0 Å². The zero-order valence-corrected chi connectivity index (χ0v) is 65.6. The number of aliphatic hydroxyl groups excluding tert-OH is 1. The van der Waals surface area contributed by atoms with Crippen molar-refractivity contribution in [1.82, 2.24) is 0 Å². The topological polar surface area (TPSA) is 237 Å². The lowest BCUT2D eigenvalue weighted by Gasteiger charge is -2.21. The van der Waals surface area contributed by atoms with Crippen LogP contribution in [0.4, 0.5) is 0 Å². The van der Waals surface area contributed by atoms with E-state index in [1.165, 1.54) is 257 Å². The van der Waals surface area contributed by atoms with Gasteiger partial charge in [-0.1, -0.05) is 374 Å². The Kier molecular flexibility index (Phi) is 71.9. The molecule has 98 heavy (non-hydrogen) atoms. The molecule has 3 N–H and O–H groups in total. The Morgan fingerprint density at radius 2 is 0.408 bits per heavy atom. The van der Waals surface area contributed by atoms with Crippen molar-refractivity contribution in [3.05, 3.63) is 0 Å². The van der Waals surface area contributed by atoms with Crippen LogP contribution in [0, 0.1) is 0 Å². The normalized spacial score (nSPS) is 13.8. The molecule has 19 heteroatoms. The first-order valence-corrected chi connectivity index (χ1v) is 44.3. The van der Waals surface area contributed by atoms with E-state index in [9.17, 15) is 43.2 Å². The molecule has 0 bridgehead atoms. The van der Waals surface area contributed by atoms with Crippen LogP contribution in [-0.4, -0.2) is 96.7 Å².